The summed E-state index contributed by atoms with van der Waals surface area (Å²) < 4.78 is 9.95. The molecule has 2 aromatic rings. The number of methoxy groups -OCH3 is 1. The van der Waals surface area contributed by atoms with Gasteiger partial charge in [0.15, 0.2) is 0 Å². The first-order valence-corrected chi connectivity index (χ1v) is 14.7. The number of esters is 1. The van der Waals surface area contributed by atoms with E-state index in [9.17, 15) is 19.5 Å². The van der Waals surface area contributed by atoms with Gasteiger partial charge in [-0.3, -0.25) is 14.4 Å². The highest BCUT2D eigenvalue weighted by atomic mass is 32.2. The summed E-state index contributed by atoms with van der Waals surface area (Å²) in [6, 6.07) is 15.3. The minimum absolute atomic E-state index is 0.0824. The second-order valence-corrected chi connectivity index (χ2v) is 12.1. The molecule has 5 rings (SSSR count). The number of carbonyl (C=O) groups excluding carboxylic acids is 3. The summed E-state index contributed by atoms with van der Waals surface area (Å²) in [7, 11) is 1.58. The molecule has 0 aromatic heterocycles. The molecule has 1 spiro atoms. The number of likely N-dealkylation sites (tertiary alicyclic amines) is 1. The van der Waals surface area contributed by atoms with Gasteiger partial charge in [0.25, 0.3) is 5.91 Å². The summed E-state index contributed by atoms with van der Waals surface area (Å²) >= 11 is 1.59. The first-order chi connectivity index (χ1) is 19.4. The molecule has 40 heavy (non-hydrogen) atoms. The predicted molar refractivity (Wildman–Crippen MR) is 154 cm³/mol. The Morgan fingerprint density at radius 1 is 1.23 bits per heavy atom. The summed E-state index contributed by atoms with van der Waals surface area (Å²) in [5.74, 6) is -1.52. The van der Waals surface area contributed by atoms with Gasteiger partial charge < -0.3 is 24.4 Å². The number of rotatable bonds is 11. The quantitative estimate of drug-likeness (QED) is 0.330. The number of thioether (sulfide) groups is 1. The number of hydrogen-bond donors (Lipinski definition) is 1. The molecule has 3 aliphatic heterocycles. The van der Waals surface area contributed by atoms with Crippen LogP contribution in [0.4, 0.5) is 5.69 Å². The molecule has 212 valence electrons. The SMILES string of the molecule is C=CCN(C(=O)C1N([C@@H](CO)Cc2ccccc2)C(=O)[C@@H]2[C@H](C(=O)OCC)[C@@H]3CCC12S3)c1ccc(OC)cc1. The molecule has 6 atom stereocenters. The molecule has 3 aliphatic rings. The van der Waals surface area contributed by atoms with Crippen LogP contribution in [-0.2, 0) is 25.5 Å². The number of carbonyl (C=O) groups is 3. The maximum absolute atomic E-state index is 14.7. The van der Waals surface area contributed by atoms with Crippen LogP contribution in [0.3, 0.4) is 0 Å². The topological polar surface area (TPSA) is 96.4 Å². The first kappa shape index (κ1) is 28.2. The lowest BCUT2D eigenvalue weighted by atomic mass is 9.71. The molecule has 8 nitrogen and oxygen atoms in total. The van der Waals surface area contributed by atoms with Crippen LogP contribution in [0.5, 0.6) is 5.75 Å². The van der Waals surface area contributed by atoms with Gasteiger partial charge in [-0.15, -0.1) is 18.3 Å². The number of fused-ring (bicyclic) bond motifs is 1. The van der Waals surface area contributed by atoms with Crippen LogP contribution in [0.2, 0.25) is 0 Å². The molecule has 2 amide bonds. The largest absolute Gasteiger partial charge is 0.497 e. The Morgan fingerprint density at radius 2 is 1.95 bits per heavy atom. The number of aliphatic hydroxyl groups excluding tert-OH is 1. The molecule has 1 N–H and O–H groups in total. The highest BCUT2D eigenvalue weighted by Gasteiger charge is 2.74. The van der Waals surface area contributed by atoms with Gasteiger partial charge in [-0.25, -0.2) is 0 Å². The number of benzene rings is 2. The van der Waals surface area contributed by atoms with Crippen molar-refractivity contribution in [3.8, 4) is 5.75 Å². The van der Waals surface area contributed by atoms with E-state index in [-0.39, 0.29) is 42.8 Å². The molecule has 2 unspecified atom stereocenters. The van der Waals surface area contributed by atoms with Crippen LogP contribution in [-0.4, -0.2) is 76.7 Å². The van der Waals surface area contributed by atoms with Crippen molar-refractivity contribution in [1.82, 2.24) is 4.90 Å². The van der Waals surface area contributed by atoms with E-state index in [1.54, 1.807) is 53.8 Å². The average Bonchev–Trinajstić information content (AvgIpc) is 3.62. The van der Waals surface area contributed by atoms with E-state index in [0.717, 1.165) is 12.0 Å². The van der Waals surface area contributed by atoms with Gasteiger partial charge >= 0.3 is 5.97 Å². The predicted octanol–water partition coefficient (Wildman–Crippen LogP) is 3.47. The van der Waals surface area contributed by atoms with Gasteiger partial charge in [-0.05, 0) is 56.0 Å². The van der Waals surface area contributed by atoms with Crippen LogP contribution in [0.25, 0.3) is 0 Å². The number of nitrogens with zero attached hydrogens (tertiary/aromatic N) is 2. The normalized spacial score (nSPS) is 27.3. The highest BCUT2D eigenvalue weighted by Crippen LogP contribution is 2.67. The molecule has 2 aromatic carbocycles. The summed E-state index contributed by atoms with van der Waals surface area (Å²) in [5.41, 5.74) is 1.60. The van der Waals surface area contributed by atoms with Crippen molar-refractivity contribution in [2.75, 3.05) is 31.8 Å². The molecule has 3 heterocycles. The van der Waals surface area contributed by atoms with E-state index < -0.39 is 28.7 Å². The molecule has 0 saturated carbocycles. The Labute approximate surface area is 239 Å². The minimum Gasteiger partial charge on any atom is -0.497 e. The molecule has 3 fully saturated rings. The summed E-state index contributed by atoms with van der Waals surface area (Å²) in [6.07, 6.45) is 3.40. The standard InChI is InChI=1S/C31H36N2O6S/c1-4-17-32(21-11-13-23(38-3)14-12-21)29(36)27-31-16-15-24(40-31)25(30(37)39-5-2)26(31)28(35)33(27)22(19-34)18-20-9-7-6-8-10-20/h4,6-14,22,24-27,34H,1,5,15-19H2,2-3H3/t22-,24+,25-,26+,27?,31?/m1/s1. The summed E-state index contributed by atoms with van der Waals surface area (Å²) in [5, 5.41) is 10.5. The summed E-state index contributed by atoms with van der Waals surface area (Å²) in [4.78, 5) is 45.5. The van der Waals surface area contributed by atoms with E-state index in [1.165, 1.54) is 0 Å². The van der Waals surface area contributed by atoms with Crippen LogP contribution < -0.4 is 9.64 Å². The smallest absolute Gasteiger partial charge is 0.310 e. The third-order valence-corrected chi connectivity index (χ3v) is 10.4. The molecule has 2 bridgehead atoms. The van der Waals surface area contributed by atoms with E-state index in [2.05, 4.69) is 6.58 Å². The lowest BCUT2D eigenvalue weighted by Gasteiger charge is -2.39. The second kappa shape index (κ2) is 11.7. The Balaban J connectivity index is 1.59. The van der Waals surface area contributed by atoms with Crippen molar-refractivity contribution in [1.29, 1.82) is 0 Å². The fourth-order valence-corrected chi connectivity index (χ4v) is 8.96. The third kappa shape index (κ3) is 4.69. The van der Waals surface area contributed by atoms with Gasteiger partial charge in [-0.1, -0.05) is 36.4 Å². The number of aliphatic hydroxyl groups is 1. The molecular weight excluding hydrogens is 528 g/mol. The minimum atomic E-state index is -0.859. The van der Waals surface area contributed by atoms with Crippen molar-refractivity contribution in [2.24, 2.45) is 11.8 Å². The number of ether oxygens (including phenoxy) is 2. The van der Waals surface area contributed by atoms with Crippen molar-refractivity contribution >= 4 is 35.2 Å². The second-order valence-electron chi connectivity index (χ2n) is 10.5. The third-order valence-electron chi connectivity index (χ3n) is 8.41. The van der Waals surface area contributed by atoms with Crippen LogP contribution in [0, 0.1) is 11.8 Å². The Morgan fingerprint density at radius 3 is 2.58 bits per heavy atom. The molecule has 0 aliphatic carbocycles. The zero-order chi connectivity index (χ0) is 28.4. The molecular formula is C31H36N2O6S. The van der Waals surface area contributed by atoms with Gasteiger partial charge in [0.2, 0.25) is 5.91 Å². The van der Waals surface area contributed by atoms with Gasteiger partial charge in [0.05, 0.1) is 42.9 Å². The molecule has 0 radical (unpaired) electrons. The van der Waals surface area contributed by atoms with Crippen LogP contribution in [0.1, 0.15) is 25.3 Å². The maximum atomic E-state index is 14.7. The van der Waals surface area contributed by atoms with E-state index >= 15 is 0 Å². The lowest BCUT2D eigenvalue weighted by Crippen LogP contribution is -2.58. The summed E-state index contributed by atoms with van der Waals surface area (Å²) in [6.45, 7) is 5.78. The molecule has 3 saturated heterocycles. The monoisotopic (exact) mass is 564 g/mol. The number of anilines is 1. The Hall–Kier alpha value is -3.30. The van der Waals surface area contributed by atoms with Crippen LogP contribution >= 0.6 is 11.8 Å². The molecule has 9 heteroatoms. The Bertz CT molecular complexity index is 1250. The van der Waals surface area contributed by atoms with Gasteiger partial charge in [0.1, 0.15) is 11.8 Å². The van der Waals surface area contributed by atoms with Crippen LogP contribution in [0.15, 0.2) is 67.3 Å². The first-order valence-electron chi connectivity index (χ1n) is 13.8. The fourth-order valence-electron chi connectivity index (χ4n) is 6.77. The van der Waals surface area contributed by atoms with E-state index in [4.69, 9.17) is 9.47 Å². The van der Waals surface area contributed by atoms with Crippen molar-refractivity contribution in [3.63, 3.8) is 0 Å². The van der Waals surface area contributed by atoms with Crippen molar-refractivity contribution in [3.05, 3.63) is 72.8 Å². The fraction of sp³-hybridized carbons (Fsp3) is 0.452. The van der Waals surface area contributed by atoms with Crippen molar-refractivity contribution < 1.29 is 29.0 Å². The number of hydrogen-bond acceptors (Lipinski definition) is 7. The number of amides is 2. The zero-order valence-corrected chi connectivity index (χ0v) is 23.7. The Kier molecular flexibility index (Phi) is 8.24. The van der Waals surface area contributed by atoms with Gasteiger partial charge in [0, 0.05) is 17.5 Å². The maximum Gasteiger partial charge on any atom is 0.310 e. The van der Waals surface area contributed by atoms with Gasteiger partial charge in [-0.2, -0.15) is 0 Å². The zero-order valence-electron chi connectivity index (χ0n) is 22.9. The average molecular weight is 565 g/mol. The highest BCUT2D eigenvalue weighted by molar-refractivity contribution is 8.02. The van der Waals surface area contributed by atoms with E-state index in [0.29, 0.717) is 24.3 Å². The van der Waals surface area contributed by atoms with E-state index in [1.807, 2.05) is 42.5 Å². The van der Waals surface area contributed by atoms with Crippen molar-refractivity contribution in [2.45, 2.75) is 48.3 Å². The lowest BCUT2D eigenvalue weighted by molar-refractivity contribution is -0.154.